The van der Waals surface area contributed by atoms with Crippen LogP contribution in [0.3, 0.4) is 0 Å². The van der Waals surface area contributed by atoms with Crippen molar-refractivity contribution >= 4 is 17.3 Å². The molecule has 1 atom stereocenters. The Morgan fingerprint density at radius 2 is 2.15 bits per heavy atom. The number of anilines is 1. The highest BCUT2D eigenvalue weighted by Crippen LogP contribution is 2.29. The van der Waals surface area contributed by atoms with Crippen molar-refractivity contribution in [3.8, 4) is 5.75 Å². The van der Waals surface area contributed by atoms with E-state index in [2.05, 4.69) is 5.32 Å². The SMILES string of the molecule is Fc1ccc2c(c1)CC(CNc1cccc(CCl)c1)O2. The predicted molar refractivity (Wildman–Crippen MR) is 79.0 cm³/mol. The maximum atomic E-state index is 13.1. The Morgan fingerprint density at radius 1 is 1.25 bits per heavy atom. The lowest BCUT2D eigenvalue weighted by Crippen LogP contribution is -2.23. The largest absolute Gasteiger partial charge is 0.488 e. The third-order valence-electron chi connectivity index (χ3n) is 3.38. The van der Waals surface area contributed by atoms with Gasteiger partial charge in [-0.1, -0.05) is 12.1 Å². The third kappa shape index (κ3) is 2.88. The second kappa shape index (κ2) is 5.71. The molecule has 20 heavy (non-hydrogen) atoms. The van der Waals surface area contributed by atoms with Crippen LogP contribution in [0.25, 0.3) is 0 Å². The van der Waals surface area contributed by atoms with Crippen molar-refractivity contribution in [1.29, 1.82) is 0 Å². The van der Waals surface area contributed by atoms with Crippen LogP contribution in [0.1, 0.15) is 11.1 Å². The number of halogens is 2. The van der Waals surface area contributed by atoms with Crippen molar-refractivity contribution in [3.05, 3.63) is 59.4 Å². The molecule has 0 bridgehead atoms. The molecule has 2 aromatic rings. The van der Waals surface area contributed by atoms with Gasteiger partial charge in [-0.05, 0) is 35.9 Å². The molecule has 2 aromatic carbocycles. The number of rotatable bonds is 4. The van der Waals surface area contributed by atoms with Crippen molar-refractivity contribution in [2.45, 2.75) is 18.4 Å². The lowest BCUT2D eigenvalue weighted by Gasteiger charge is -2.13. The molecule has 3 rings (SSSR count). The van der Waals surface area contributed by atoms with Crippen molar-refractivity contribution in [2.75, 3.05) is 11.9 Å². The van der Waals surface area contributed by atoms with E-state index in [0.717, 1.165) is 29.0 Å². The van der Waals surface area contributed by atoms with Gasteiger partial charge in [0.1, 0.15) is 17.7 Å². The normalized spacial score (nSPS) is 16.6. The fourth-order valence-corrected chi connectivity index (χ4v) is 2.57. The molecule has 1 aliphatic rings. The summed E-state index contributed by atoms with van der Waals surface area (Å²) in [5, 5.41) is 3.33. The van der Waals surface area contributed by atoms with Gasteiger partial charge in [-0.25, -0.2) is 4.39 Å². The van der Waals surface area contributed by atoms with Crippen LogP contribution < -0.4 is 10.1 Å². The highest BCUT2D eigenvalue weighted by molar-refractivity contribution is 6.17. The van der Waals surface area contributed by atoms with E-state index in [9.17, 15) is 4.39 Å². The van der Waals surface area contributed by atoms with Crippen LogP contribution in [0.5, 0.6) is 5.75 Å². The quantitative estimate of drug-likeness (QED) is 0.860. The fraction of sp³-hybridized carbons (Fsp3) is 0.250. The van der Waals surface area contributed by atoms with Gasteiger partial charge in [-0.3, -0.25) is 0 Å². The number of fused-ring (bicyclic) bond motifs is 1. The Kier molecular flexibility index (Phi) is 3.79. The zero-order valence-corrected chi connectivity index (χ0v) is 11.7. The van der Waals surface area contributed by atoms with E-state index in [4.69, 9.17) is 16.3 Å². The highest BCUT2D eigenvalue weighted by atomic mass is 35.5. The minimum atomic E-state index is -0.212. The molecule has 0 saturated carbocycles. The molecular formula is C16H15ClFNO. The van der Waals surface area contributed by atoms with E-state index in [0.29, 0.717) is 12.4 Å². The zero-order chi connectivity index (χ0) is 13.9. The van der Waals surface area contributed by atoms with Gasteiger partial charge in [0.05, 0.1) is 6.54 Å². The molecule has 0 amide bonds. The molecule has 1 N–H and O–H groups in total. The average molecular weight is 292 g/mol. The second-order valence-corrected chi connectivity index (χ2v) is 5.18. The minimum absolute atomic E-state index is 0.0338. The summed E-state index contributed by atoms with van der Waals surface area (Å²) in [6.07, 6.45) is 0.765. The summed E-state index contributed by atoms with van der Waals surface area (Å²) in [5.41, 5.74) is 3.04. The highest BCUT2D eigenvalue weighted by Gasteiger charge is 2.22. The molecule has 0 fully saturated rings. The van der Waals surface area contributed by atoms with Gasteiger partial charge in [0.2, 0.25) is 0 Å². The maximum Gasteiger partial charge on any atom is 0.123 e. The van der Waals surface area contributed by atoms with Gasteiger partial charge in [-0.15, -0.1) is 11.6 Å². The topological polar surface area (TPSA) is 21.3 Å². The maximum absolute atomic E-state index is 13.1. The van der Waals surface area contributed by atoms with E-state index >= 15 is 0 Å². The van der Waals surface area contributed by atoms with Crippen LogP contribution in [0.2, 0.25) is 0 Å². The molecular weight excluding hydrogens is 277 g/mol. The predicted octanol–water partition coefficient (Wildman–Crippen LogP) is 3.98. The van der Waals surface area contributed by atoms with Crippen LogP contribution in [-0.2, 0) is 12.3 Å². The number of nitrogens with one attached hydrogen (secondary N) is 1. The Bertz CT molecular complexity index is 617. The Morgan fingerprint density at radius 3 is 3.00 bits per heavy atom. The zero-order valence-electron chi connectivity index (χ0n) is 10.9. The van der Waals surface area contributed by atoms with Gasteiger partial charge in [0.25, 0.3) is 0 Å². The van der Waals surface area contributed by atoms with Crippen LogP contribution >= 0.6 is 11.6 Å². The first-order valence-electron chi connectivity index (χ1n) is 6.58. The summed E-state index contributed by atoms with van der Waals surface area (Å²) in [4.78, 5) is 0. The summed E-state index contributed by atoms with van der Waals surface area (Å²) in [6.45, 7) is 0.683. The molecule has 0 saturated heterocycles. The molecule has 0 spiro atoms. The van der Waals surface area contributed by atoms with E-state index < -0.39 is 0 Å². The standard InChI is InChI=1S/C16H15ClFNO/c17-9-11-2-1-3-14(6-11)19-10-15-8-12-7-13(18)4-5-16(12)20-15/h1-7,15,19H,8-10H2. The third-order valence-corrected chi connectivity index (χ3v) is 3.69. The van der Waals surface area contributed by atoms with Crippen LogP contribution in [0, 0.1) is 5.82 Å². The van der Waals surface area contributed by atoms with Crippen molar-refractivity contribution in [2.24, 2.45) is 0 Å². The number of hydrogen-bond acceptors (Lipinski definition) is 2. The molecule has 0 aromatic heterocycles. The van der Waals surface area contributed by atoms with E-state index in [1.807, 2.05) is 24.3 Å². The van der Waals surface area contributed by atoms with Crippen molar-refractivity contribution in [1.82, 2.24) is 0 Å². The van der Waals surface area contributed by atoms with Crippen LogP contribution in [0.4, 0.5) is 10.1 Å². The Balaban J connectivity index is 1.60. The second-order valence-electron chi connectivity index (χ2n) is 4.91. The Hall–Kier alpha value is -1.74. The van der Waals surface area contributed by atoms with Crippen LogP contribution in [0.15, 0.2) is 42.5 Å². The molecule has 4 heteroatoms. The van der Waals surface area contributed by atoms with Gasteiger partial charge < -0.3 is 10.1 Å². The molecule has 1 aliphatic heterocycles. The van der Waals surface area contributed by atoms with Gasteiger partial charge in [0, 0.05) is 23.6 Å². The van der Waals surface area contributed by atoms with E-state index in [-0.39, 0.29) is 11.9 Å². The molecule has 1 unspecified atom stereocenters. The number of hydrogen-bond donors (Lipinski definition) is 1. The van der Waals surface area contributed by atoms with Gasteiger partial charge >= 0.3 is 0 Å². The summed E-state index contributed by atoms with van der Waals surface area (Å²) >= 11 is 5.81. The first-order chi connectivity index (χ1) is 9.74. The summed E-state index contributed by atoms with van der Waals surface area (Å²) in [5.74, 6) is 1.07. The minimum Gasteiger partial charge on any atom is -0.488 e. The molecule has 1 heterocycles. The molecule has 0 radical (unpaired) electrons. The summed E-state index contributed by atoms with van der Waals surface area (Å²) in [7, 11) is 0. The fourth-order valence-electron chi connectivity index (χ4n) is 2.40. The summed E-state index contributed by atoms with van der Waals surface area (Å²) < 4.78 is 18.9. The summed E-state index contributed by atoms with van der Waals surface area (Å²) in [6, 6.07) is 12.6. The van der Waals surface area contributed by atoms with Gasteiger partial charge in [0.15, 0.2) is 0 Å². The van der Waals surface area contributed by atoms with Crippen LogP contribution in [-0.4, -0.2) is 12.6 Å². The monoisotopic (exact) mass is 291 g/mol. The van der Waals surface area contributed by atoms with E-state index in [1.165, 1.54) is 6.07 Å². The number of benzene rings is 2. The first kappa shape index (κ1) is 13.3. The molecule has 2 nitrogen and oxygen atoms in total. The van der Waals surface area contributed by atoms with Gasteiger partial charge in [-0.2, -0.15) is 0 Å². The lowest BCUT2D eigenvalue weighted by atomic mass is 10.1. The molecule has 0 aliphatic carbocycles. The number of alkyl halides is 1. The molecule has 104 valence electrons. The number of ether oxygens (including phenoxy) is 1. The average Bonchev–Trinajstić information content (AvgIpc) is 2.87. The smallest absolute Gasteiger partial charge is 0.123 e. The first-order valence-corrected chi connectivity index (χ1v) is 7.12. The van der Waals surface area contributed by atoms with E-state index in [1.54, 1.807) is 12.1 Å². The van der Waals surface area contributed by atoms with Crippen molar-refractivity contribution in [3.63, 3.8) is 0 Å². The van der Waals surface area contributed by atoms with Crippen molar-refractivity contribution < 1.29 is 9.13 Å². The Labute approximate surface area is 122 Å². The lowest BCUT2D eigenvalue weighted by molar-refractivity contribution is 0.246.